The Morgan fingerprint density at radius 1 is 1.33 bits per heavy atom. The monoisotopic (exact) mass is 269 g/mol. The maximum atomic E-state index is 11.6. The Balaban J connectivity index is 2.30. The van der Waals surface area contributed by atoms with Crippen molar-refractivity contribution >= 4 is 23.2 Å². The van der Waals surface area contributed by atoms with Crippen molar-refractivity contribution in [2.45, 2.75) is 39.7 Å². The fraction of sp³-hybridized carbons (Fsp3) is 0.538. The average molecular weight is 269 g/mol. The second-order valence-corrected chi connectivity index (χ2v) is 5.66. The first-order valence-corrected chi connectivity index (χ1v) is 6.89. The quantitative estimate of drug-likeness (QED) is 0.799. The number of aliphatic carboxylic acids is 1. The molecule has 1 rings (SSSR count). The average Bonchev–Trinajstić information content (AvgIpc) is 2.72. The molecule has 0 saturated heterocycles. The molecule has 1 unspecified atom stereocenters. The summed E-state index contributed by atoms with van der Waals surface area (Å²) in [6.45, 7) is 4.40. The van der Waals surface area contributed by atoms with Crippen LogP contribution in [0, 0.1) is 5.92 Å². The molecular weight excluding hydrogens is 250 g/mol. The molecule has 1 heterocycles. The van der Waals surface area contributed by atoms with Crippen molar-refractivity contribution in [2.75, 3.05) is 0 Å². The lowest BCUT2D eigenvalue weighted by Crippen LogP contribution is -2.24. The van der Waals surface area contributed by atoms with E-state index < -0.39 is 5.97 Å². The van der Waals surface area contributed by atoms with Crippen LogP contribution in [0.25, 0.3) is 0 Å². The van der Waals surface area contributed by atoms with Crippen LogP contribution in [-0.4, -0.2) is 17.0 Å². The van der Waals surface area contributed by atoms with Gasteiger partial charge in [0.1, 0.15) is 0 Å². The first-order chi connectivity index (χ1) is 8.51. The molecule has 0 spiro atoms. The molecule has 5 heteroatoms. The summed E-state index contributed by atoms with van der Waals surface area (Å²) in [4.78, 5) is 24.5. The summed E-state index contributed by atoms with van der Waals surface area (Å²) in [6.07, 6.45) is 1.30. The second kappa shape index (κ2) is 7.16. The summed E-state index contributed by atoms with van der Waals surface area (Å²) in [5.41, 5.74) is 0. The lowest BCUT2D eigenvalue weighted by molar-refractivity contribution is -0.138. The molecule has 4 nitrogen and oxygen atoms in total. The van der Waals surface area contributed by atoms with E-state index >= 15 is 0 Å². The van der Waals surface area contributed by atoms with Gasteiger partial charge in [0, 0.05) is 22.6 Å². The first-order valence-electron chi connectivity index (χ1n) is 6.07. The molecule has 1 aromatic rings. The highest BCUT2D eigenvalue weighted by Gasteiger charge is 2.12. The summed E-state index contributed by atoms with van der Waals surface area (Å²) in [5, 5.41) is 11.4. The van der Waals surface area contributed by atoms with Gasteiger partial charge in [-0.15, -0.1) is 11.3 Å². The molecule has 0 aliphatic heterocycles. The number of carbonyl (C=O) groups excluding carboxylic acids is 1. The number of aryl methyl sites for hydroxylation is 1. The topological polar surface area (TPSA) is 66.4 Å². The van der Waals surface area contributed by atoms with E-state index in [2.05, 4.69) is 18.3 Å². The van der Waals surface area contributed by atoms with Crippen molar-refractivity contribution in [3.63, 3.8) is 0 Å². The van der Waals surface area contributed by atoms with Gasteiger partial charge in [-0.05, 0) is 24.5 Å². The zero-order chi connectivity index (χ0) is 13.5. The van der Waals surface area contributed by atoms with E-state index in [1.54, 1.807) is 18.3 Å². The third kappa shape index (κ3) is 5.31. The third-order valence-corrected chi connectivity index (χ3v) is 3.81. The van der Waals surface area contributed by atoms with Gasteiger partial charge in [0.15, 0.2) is 0 Å². The number of hydrogen-bond donors (Lipinski definition) is 2. The zero-order valence-electron chi connectivity index (χ0n) is 10.7. The molecule has 0 saturated carbocycles. The number of carbonyl (C=O) groups is 2. The van der Waals surface area contributed by atoms with Crippen molar-refractivity contribution in [1.29, 1.82) is 0 Å². The largest absolute Gasteiger partial charge is 0.481 e. The highest BCUT2D eigenvalue weighted by molar-refractivity contribution is 7.11. The zero-order valence-corrected chi connectivity index (χ0v) is 11.5. The van der Waals surface area contributed by atoms with E-state index in [9.17, 15) is 9.59 Å². The van der Waals surface area contributed by atoms with Crippen LogP contribution in [0.1, 0.15) is 36.4 Å². The fourth-order valence-corrected chi connectivity index (χ4v) is 2.55. The highest BCUT2D eigenvalue weighted by Crippen LogP contribution is 2.16. The Kier molecular flexibility index (Phi) is 5.85. The second-order valence-electron chi connectivity index (χ2n) is 4.41. The van der Waals surface area contributed by atoms with E-state index in [0.717, 1.165) is 11.3 Å². The number of carboxylic acids is 1. The molecule has 0 aromatic carbocycles. The molecule has 0 radical (unpaired) electrons. The predicted octanol–water partition coefficient (Wildman–Crippen LogP) is 2.43. The Bertz CT molecular complexity index is 414. The minimum Gasteiger partial charge on any atom is -0.481 e. The van der Waals surface area contributed by atoms with Crippen LogP contribution in [-0.2, 0) is 22.6 Å². The SMILES string of the molecule is CCc1ccc(CNC(=O)CC(C)CC(=O)O)s1. The van der Waals surface area contributed by atoms with Crippen molar-refractivity contribution in [3.05, 3.63) is 21.9 Å². The van der Waals surface area contributed by atoms with Crippen molar-refractivity contribution in [1.82, 2.24) is 5.32 Å². The lowest BCUT2D eigenvalue weighted by Gasteiger charge is -2.08. The summed E-state index contributed by atoms with van der Waals surface area (Å²) in [7, 11) is 0. The molecule has 0 aliphatic rings. The number of amides is 1. The molecule has 0 aliphatic carbocycles. The van der Waals surface area contributed by atoms with Crippen LogP contribution in [0.2, 0.25) is 0 Å². The molecule has 100 valence electrons. The van der Waals surface area contributed by atoms with Crippen LogP contribution in [0.15, 0.2) is 12.1 Å². The summed E-state index contributed by atoms with van der Waals surface area (Å²) >= 11 is 1.70. The van der Waals surface area contributed by atoms with Gasteiger partial charge in [-0.25, -0.2) is 0 Å². The minimum atomic E-state index is -0.860. The summed E-state index contributed by atoms with van der Waals surface area (Å²) in [5.74, 6) is -1.08. The van der Waals surface area contributed by atoms with Crippen LogP contribution in [0.4, 0.5) is 0 Å². The van der Waals surface area contributed by atoms with Gasteiger partial charge in [0.2, 0.25) is 5.91 Å². The molecular formula is C13H19NO3S. The minimum absolute atomic E-state index is 0.0341. The number of nitrogens with one attached hydrogen (secondary N) is 1. The smallest absolute Gasteiger partial charge is 0.303 e. The van der Waals surface area contributed by atoms with Crippen molar-refractivity contribution in [2.24, 2.45) is 5.92 Å². The molecule has 1 amide bonds. The Morgan fingerprint density at radius 2 is 2.00 bits per heavy atom. The molecule has 2 N–H and O–H groups in total. The lowest BCUT2D eigenvalue weighted by atomic mass is 10.0. The number of thiophene rings is 1. The maximum absolute atomic E-state index is 11.6. The van der Waals surface area contributed by atoms with E-state index in [4.69, 9.17) is 5.11 Å². The molecule has 1 atom stereocenters. The number of rotatable bonds is 7. The van der Waals surface area contributed by atoms with Crippen LogP contribution < -0.4 is 5.32 Å². The summed E-state index contributed by atoms with van der Waals surface area (Å²) in [6, 6.07) is 4.09. The third-order valence-electron chi connectivity index (χ3n) is 2.58. The van der Waals surface area contributed by atoms with Gasteiger partial charge >= 0.3 is 5.97 Å². The van der Waals surface area contributed by atoms with Gasteiger partial charge in [0.25, 0.3) is 0 Å². The molecule has 18 heavy (non-hydrogen) atoms. The first kappa shape index (κ1) is 14.7. The summed E-state index contributed by atoms with van der Waals surface area (Å²) < 4.78 is 0. The van der Waals surface area contributed by atoms with Gasteiger partial charge in [-0.3, -0.25) is 9.59 Å². The van der Waals surface area contributed by atoms with Gasteiger partial charge < -0.3 is 10.4 Å². The van der Waals surface area contributed by atoms with Crippen LogP contribution in [0.5, 0.6) is 0 Å². The van der Waals surface area contributed by atoms with E-state index in [1.807, 2.05) is 6.07 Å². The van der Waals surface area contributed by atoms with E-state index in [0.29, 0.717) is 6.54 Å². The fourth-order valence-electron chi connectivity index (χ4n) is 1.65. The maximum Gasteiger partial charge on any atom is 0.303 e. The normalized spacial score (nSPS) is 12.1. The van der Waals surface area contributed by atoms with Gasteiger partial charge in [-0.1, -0.05) is 13.8 Å². The highest BCUT2D eigenvalue weighted by atomic mass is 32.1. The van der Waals surface area contributed by atoms with Crippen molar-refractivity contribution in [3.8, 4) is 0 Å². The predicted molar refractivity (Wildman–Crippen MR) is 71.6 cm³/mol. The van der Waals surface area contributed by atoms with Gasteiger partial charge in [-0.2, -0.15) is 0 Å². The van der Waals surface area contributed by atoms with E-state index in [1.165, 1.54) is 4.88 Å². The van der Waals surface area contributed by atoms with E-state index in [-0.39, 0.29) is 24.7 Å². The Morgan fingerprint density at radius 3 is 2.56 bits per heavy atom. The Labute approximate surface area is 111 Å². The standard InChI is InChI=1S/C13H19NO3S/c1-3-10-4-5-11(18-10)8-14-12(15)6-9(2)7-13(16)17/h4-5,9H,3,6-8H2,1-2H3,(H,14,15)(H,16,17). The van der Waals surface area contributed by atoms with Crippen LogP contribution >= 0.6 is 11.3 Å². The van der Waals surface area contributed by atoms with Gasteiger partial charge in [0.05, 0.1) is 6.54 Å². The Hall–Kier alpha value is -1.36. The molecule has 1 aromatic heterocycles. The van der Waals surface area contributed by atoms with Crippen LogP contribution in [0.3, 0.4) is 0 Å². The molecule has 0 bridgehead atoms. The number of carboxylic acid groups (broad SMARTS) is 1. The number of hydrogen-bond acceptors (Lipinski definition) is 3. The van der Waals surface area contributed by atoms with Crippen molar-refractivity contribution < 1.29 is 14.7 Å². The molecule has 0 fully saturated rings.